The minimum atomic E-state index is -0.525. The van der Waals surface area contributed by atoms with Crippen LogP contribution in [0.25, 0.3) is 0 Å². The van der Waals surface area contributed by atoms with Gasteiger partial charge in [0.25, 0.3) is 5.56 Å². The fourth-order valence-corrected chi connectivity index (χ4v) is 2.49. The summed E-state index contributed by atoms with van der Waals surface area (Å²) < 4.78 is 7.49. The van der Waals surface area contributed by atoms with Crippen molar-refractivity contribution in [1.82, 2.24) is 14.5 Å². The third kappa shape index (κ3) is 3.73. The summed E-state index contributed by atoms with van der Waals surface area (Å²) in [5.74, 6) is 0.387. The Balaban J connectivity index is 2.17. The first kappa shape index (κ1) is 17.5. The van der Waals surface area contributed by atoms with Gasteiger partial charge < -0.3 is 10.1 Å². The number of aromatic nitrogens is 2. The van der Waals surface area contributed by atoms with Crippen LogP contribution in [0.1, 0.15) is 24.9 Å². The average molecular weight is 331 g/mol. The van der Waals surface area contributed by atoms with Crippen molar-refractivity contribution in [3.8, 4) is 5.75 Å². The van der Waals surface area contributed by atoms with Crippen molar-refractivity contribution in [2.75, 3.05) is 7.11 Å². The molecule has 0 saturated heterocycles. The fraction of sp³-hybridized carbons (Fsp3) is 0.353. The van der Waals surface area contributed by atoms with Crippen molar-refractivity contribution in [1.29, 1.82) is 0 Å². The molecule has 0 bridgehead atoms. The number of hydrogen-bond donors (Lipinski definition) is 1. The molecule has 0 unspecified atom stereocenters. The van der Waals surface area contributed by atoms with Gasteiger partial charge in [-0.2, -0.15) is 0 Å². The summed E-state index contributed by atoms with van der Waals surface area (Å²) in [5.41, 5.74) is -0.0521. The summed E-state index contributed by atoms with van der Waals surface area (Å²) in [6, 6.07) is 8.50. The fourth-order valence-electron chi connectivity index (χ4n) is 2.49. The van der Waals surface area contributed by atoms with Crippen LogP contribution in [0.4, 0.5) is 0 Å². The molecule has 128 valence electrons. The van der Waals surface area contributed by atoms with Crippen LogP contribution in [-0.2, 0) is 18.4 Å². The Kier molecular flexibility index (Phi) is 5.57. The first-order valence-corrected chi connectivity index (χ1v) is 7.66. The van der Waals surface area contributed by atoms with Gasteiger partial charge in [-0.25, -0.2) is 4.79 Å². The van der Waals surface area contributed by atoms with Crippen molar-refractivity contribution in [2.24, 2.45) is 7.05 Å². The minimum absolute atomic E-state index is 0.154. The van der Waals surface area contributed by atoms with E-state index in [1.165, 1.54) is 23.9 Å². The smallest absolute Gasteiger partial charge is 0.331 e. The summed E-state index contributed by atoms with van der Waals surface area (Å²) in [5, 5.41) is 2.90. The zero-order chi connectivity index (χ0) is 17.7. The number of rotatable bonds is 6. The molecule has 0 fully saturated rings. The van der Waals surface area contributed by atoms with Crippen molar-refractivity contribution < 1.29 is 9.53 Å². The van der Waals surface area contributed by atoms with Crippen LogP contribution in [0.15, 0.2) is 46.1 Å². The molecule has 1 atom stereocenters. The van der Waals surface area contributed by atoms with Crippen LogP contribution in [0, 0.1) is 0 Å². The molecule has 0 aliphatic rings. The summed E-state index contributed by atoms with van der Waals surface area (Å²) in [7, 11) is 2.96. The van der Waals surface area contributed by atoms with Gasteiger partial charge in [-0.1, -0.05) is 25.1 Å². The summed E-state index contributed by atoms with van der Waals surface area (Å²) in [6.45, 7) is 1.80. The Morgan fingerprint density at radius 3 is 2.62 bits per heavy atom. The number of nitrogens with zero attached hydrogens (tertiary/aromatic N) is 2. The Bertz CT molecular complexity index is 838. The lowest BCUT2D eigenvalue weighted by atomic mass is 10.0. The molecule has 7 heteroatoms. The van der Waals surface area contributed by atoms with Crippen LogP contribution in [0.3, 0.4) is 0 Å². The molecule has 1 N–H and O–H groups in total. The molecule has 0 spiro atoms. The number of para-hydroxylation sites is 1. The molecule has 0 saturated carbocycles. The highest BCUT2D eigenvalue weighted by atomic mass is 16.5. The second kappa shape index (κ2) is 7.63. The molecule has 0 radical (unpaired) electrons. The van der Waals surface area contributed by atoms with Gasteiger partial charge in [0.05, 0.1) is 13.2 Å². The monoisotopic (exact) mass is 331 g/mol. The molecule has 7 nitrogen and oxygen atoms in total. The van der Waals surface area contributed by atoms with Crippen molar-refractivity contribution in [3.05, 3.63) is 62.9 Å². The Hall–Kier alpha value is -2.83. The van der Waals surface area contributed by atoms with Crippen molar-refractivity contribution in [3.63, 3.8) is 0 Å². The molecule has 24 heavy (non-hydrogen) atoms. The Morgan fingerprint density at radius 1 is 1.25 bits per heavy atom. The molecule has 1 heterocycles. The lowest BCUT2D eigenvalue weighted by Crippen LogP contribution is -2.40. The van der Waals surface area contributed by atoms with E-state index in [2.05, 4.69) is 5.32 Å². The number of ether oxygens (including phenoxy) is 1. The second-order valence-corrected chi connectivity index (χ2v) is 5.39. The van der Waals surface area contributed by atoms with E-state index >= 15 is 0 Å². The SMILES string of the molecule is CC[C@@H](NC(=O)Cn1ccc(=O)n(C)c1=O)c1ccccc1OC. The summed E-state index contributed by atoms with van der Waals surface area (Å²) in [6.07, 6.45) is 2.00. The van der Waals surface area contributed by atoms with Crippen LogP contribution in [0.2, 0.25) is 0 Å². The highest BCUT2D eigenvalue weighted by Crippen LogP contribution is 2.26. The van der Waals surface area contributed by atoms with E-state index in [0.29, 0.717) is 12.2 Å². The van der Waals surface area contributed by atoms with E-state index in [0.717, 1.165) is 10.1 Å². The molecule has 0 aliphatic heterocycles. The predicted molar refractivity (Wildman–Crippen MR) is 90.1 cm³/mol. The zero-order valence-electron chi connectivity index (χ0n) is 14.0. The standard InChI is InChI=1S/C17H21N3O4/c1-4-13(12-7-5-6-8-14(12)24-3)18-15(21)11-20-10-9-16(22)19(2)17(20)23/h5-10,13H,4,11H2,1-3H3,(H,18,21)/t13-/m1/s1. The third-order valence-corrected chi connectivity index (χ3v) is 3.83. The molecular weight excluding hydrogens is 310 g/mol. The average Bonchev–Trinajstić information content (AvgIpc) is 2.60. The molecule has 2 rings (SSSR count). The van der Waals surface area contributed by atoms with Gasteiger partial charge >= 0.3 is 5.69 Å². The maximum Gasteiger partial charge on any atom is 0.331 e. The van der Waals surface area contributed by atoms with Gasteiger partial charge in [0.2, 0.25) is 5.91 Å². The number of benzene rings is 1. The van der Waals surface area contributed by atoms with Gasteiger partial charge in [-0.05, 0) is 12.5 Å². The number of hydrogen-bond acceptors (Lipinski definition) is 4. The summed E-state index contributed by atoms with van der Waals surface area (Å²) >= 11 is 0. The molecule has 1 aromatic carbocycles. The third-order valence-electron chi connectivity index (χ3n) is 3.83. The molecule has 1 aromatic heterocycles. The van der Waals surface area contributed by atoms with Crippen molar-refractivity contribution in [2.45, 2.75) is 25.9 Å². The topological polar surface area (TPSA) is 82.3 Å². The van der Waals surface area contributed by atoms with Crippen molar-refractivity contribution >= 4 is 5.91 Å². The molecule has 0 aliphatic carbocycles. The van der Waals surface area contributed by atoms with Gasteiger partial charge in [0.1, 0.15) is 12.3 Å². The lowest BCUT2D eigenvalue weighted by molar-refractivity contribution is -0.122. The first-order valence-electron chi connectivity index (χ1n) is 7.66. The molecule has 1 amide bonds. The lowest BCUT2D eigenvalue weighted by Gasteiger charge is -2.20. The maximum absolute atomic E-state index is 12.3. The summed E-state index contributed by atoms with van der Waals surface area (Å²) in [4.78, 5) is 35.7. The van der Waals surface area contributed by atoms with E-state index in [9.17, 15) is 14.4 Å². The van der Waals surface area contributed by atoms with E-state index in [1.54, 1.807) is 7.11 Å². The quantitative estimate of drug-likeness (QED) is 0.850. The number of carbonyl (C=O) groups excluding carboxylic acids is 1. The van der Waals surface area contributed by atoms with E-state index in [4.69, 9.17) is 4.74 Å². The Morgan fingerprint density at radius 2 is 1.96 bits per heavy atom. The van der Waals surface area contributed by atoms with Crippen LogP contribution in [0.5, 0.6) is 5.75 Å². The second-order valence-electron chi connectivity index (χ2n) is 5.39. The maximum atomic E-state index is 12.3. The normalized spacial score (nSPS) is 11.8. The van der Waals surface area contributed by atoms with Gasteiger partial charge in [-0.15, -0.1) is 0 Å². The minimum Gasteiger partial charge on any atom is -0.496 e. The number of amides is 1. The van der Waals surface area contributed by atoms with E-state index in [-0.39, 0.29) is 18.5 Å². The number of carbonyl (C=O) groups is 1. The largest absolute Gasteiger partial charge is 0.496 e. The van der Waals surface area contributed by atoms with Gasteiger partial charge in [0.15, 0.2) is 0 Å². The zero-order valence-corrected chi connectivity index (χ0v) is 14.0. The van der Waals surface area contributed by atoms with Crippen LogP contribution < -0.4 is 21.3 Å². The first-order chi connectivity index (χ1) is 11.5. The highest BCUT2D eigenvalue weighted by molar-refractivity contribution is 5.76. The van der Waals surface area contributed by atoms with E-state index < -0.39 is 11.2 Å². The van der Waals surface area contributed by atoms with Crippen LogP contribution >= 0.6 is 0 Å². The highest BCUT2D eigenvalue weighted by Gasteiger charge is 2.17. The predicted octanol–water partition coefficient (Wildman–Crippen LogP) is 0.823. The molecular formula is C17H21N3O4. The number of methoxy groups -OCH3 is 1. The van der Waals surface area contributed by atoms with Gasteiger partial charge in [-0.3, -0.25) is 18.7 Å². The van der Waals surface area contributed by atoms with Crippen LogP contribution in [-0.4, -0.2) is 22.2 Å². The van der Waals surface area contributed by atoms with Gasteiger partial charge in [0, 0.05) is 24.9 Å². The van der Waals surface area contributed by atoms with E-state index in [1.807, 2.05) is 31.2 Å². The Labute approximate surface area is 139 Å². The molecule has 2 aromatic rings. The number of nitrogens with one attached hydrogen (secondary N) is 1.